The SMILES string of the molecule is Cc1ccccc1[C@@H]1CCN(C(=O)CN2CCN(c3cccc(Cl)c3)C2=O)CCS1. The Balaban J connectivity index is 1.35. The number of anilines is 1. The minimum atomic E-state index is -0.132. The van der Waals surface area contributed by atoms with Crippen molar-refractivity contribution in [1.82, 2.24) is 9.80 Å². The van der Waals surface area contributed by atoms with Crippen LogP contribution in [0.5, 0.6) is 0 Å². The standard InChI is InChI=1S/C23H26ClN3O2S/c1-17-5-2-3-8-20(17)21-9-10-25(13-14-30-21)22(28)16-26-11-12-27(23(26)29)19-7-4-6-18(24)15-19/h2-8,15,21H,9-14,16H2,1H3/t21-/m0/s1. The Hall–Kier alpha value is -2.18. The van der Waals surface area contributed by atoms with E-state index in [1.165, 1.54) is 11.1 Å². The number of hydrogen-bond donors (Lipinski definition) is 0. The van der Waals surface area contributed by atoms with E-state index in [4.69, 9.17) is 11.6 Å². The number of halogens is 1. The van der Waals surface area contributed by atoms with Gasteiger partial charge in [0.2, 0.25) is 5.91 Å². The van der Waals surface area contributed by atoms with E-state index in [9.17, 15) is 9.59 Å². The minimum Gasteiger partial charge on any atom is -0.340 e. The number of carbonyl (C=O) groups is 2. The molecular formula is C23H26ClN3O2S. The Labute approximate surface area is 187 Å². The molecule has 4 rings (SSSR count). The van der Waals surface area contributed by atoms with E-state index in [0.717, 1.165) is 31.0 Å². The fourth-order valence-electron chi connectivity index (χ4n) is 4.09. The lowest BCUT2D eigenvalue weighted by Gasteiger charge is -2.24. The van der Waals surface area contributed by atoms with Gasteiger partial charge in [-0.05, 0) is 42.7 Å². The Morgan fingerprint density at radius 2 is 1.93 bits per heavy atom. The fraction of sp³-hybridized carbons (Fsp3) is 0.391. The quantitative estimate of drug-likeness (QED) is 0.693. The molecule has 2 aliphatic rings. The summed E-state index contributed by atoms with van der Waals surface area (Å²) in [7, 11) is 0. The predicted molar refractivity (Wildman–Crippen MR) is 123 cm³/mol. The summed E-state index contributed by atoms with van der Waals surface area (Å²) in [4.78, 5) is 31.0. The van der Waals surface area contributed by atoms with E-state index in [0.29, 0.717) is 23.4 Å². The number of rotatable bonds is 4. The largest absolute Gasteiger partial charge is 0.340 e. The number of aryl methyl sites for hydroxylation is 1. The monoisotopic (exact) mass is 443 g/mol. The van der Waals surface area contributed by atoms with Gasteiger partial charge in [-0.15, -0.1) is 0 Å². The van der Waals surface area contributed by atoms with Crippen LogP contribution >= 0.6 is 23.4 Å². The maximum absolute atomic E-state index is 12.9. The zero-order chi connectivity index (χ0) is 21.1. The van der Waals surface area contributed by atoms with Crippen LogP contribution in [0.1, 0.15) is 22.8 Å². The van der Waals surface area contributed by atoms with Crippen LogP contribution in [0, 0.1) is 6.92 Å². The third-order valence-corrected chi connectivity index (χ3v) is 7.32. The normalized spacial score (nSPS) is 19.9. The zero-order valence-electron chi connectivity index (χ0n) is 17.1. The van der Waals surface area contributed by atoms with Crippen LogP contribution in [0.3, 0.4) is 0 Å². The van der Waals surface area contributed by atoms with Gasteiger partial charge in [-0.3, -0.25) is 9.69 Å². The van der Waals surface area contributed by atoms with Gasteiger partial charge in [0.1, 0.15) is 6.54 Å². The number of urea groups is 1. The predicted octanol–water partition coefficient (Wildman–Crippen LogP) is 4.60. The molecule has 0 saturated carbocycles. The summed E-state index contributed by atoms with van der Waals surface area (Å²) in [6.07, 6.45) is 0.934. The van der Waals surface area contributed by atoms with E-state index in [-0.39, 0.29) is 18.5 Å². The zero-order valence-corrected chi connectivity index (χ0v) is 18.7. The van der Waals surface area contributed by atoms with Gasteiger partial charge < -0.3 is 9.80 Å². The van der Waals surface area contributed by atoms with Crippen molar-refractivity contribution in [2.75, 3.05) is 43.4 Å². The maximum atomic E-state index is 12.9. The van der Waals surface area contributed by atoms with Crippen molar-refractivity contribution in [2.45, 2.75) is 18.6 Å². The average Bonchev–Trinajstić information content (AvgIpc) is 2.94. The molecule has 7 heteroatoms. The number of carbonyl (C=O) groups excluding carboxylic acids is 2. The van der Waals surface area contributed by atoms with E-state index < -0.39 is 0 Å². The van der Waals surface area contributed by atoms with Gasteiger partial charge in [0.25, 0.3) is 0 Å². The molecule has 0 aliphatic carbocycles. The van der Waals surface area contributed by atoms with Crippen LogP contribution < -0.4 is 4.90 Å². The lowest BCUT2D eigenvalue weighted by atomic mass is 10.0. The van der Waals surface area contributed by atoms with E-state index in [2.05, 4.69) is 31.2 Å². The molecule has 2 aromatic carbocycles. The van der Waals surface area contributed by atoms with E-state index in [1.807, 2.05) is 28.8 Å². The summed E-state index contributed by atoms with van der Waals surface area (Å²) in [5.41, 5.74) is 3.44. The molecular weight excluding hydrogens is 418 g/mol. The van der Waals surface area contributed by atoms with Gasteiger partial charge in [0, 0.05) is 47.9 Å². The van der Waals surface area contributed by atoms with Crippen molar-refractivity contribution < 1.29 is 9.59 Å². The van der Waals surface area contributed by atoms with Crippen LogP contribution in [0.4, 0.5) is 10.5 Å². The van der Waals surface area contributed by atoms with Gasteiger partial charge in [0.15, 0.2) is 0 Å². The lowest BCUT2D eigenvalue weighted by Crippen LogP contribution is -2.43. The minimum absolute atomic E-state index is 0.0299. The third-order valence-electron chi connectivity index (χ3n) is 5.77. The second-order valence-corrected chi connectivity index (χ2v) is 9.47. The highest BCUT2D eigenvalue weighted by Crippen LogP contribution is 2.36. The summed E-state index contributed by atoms with van der Waals surface area (Å²) in [6.45, 7) is 4.85. The second kappa shape index (κ2) is 9.31. The molecule has 0 N–H and O–H groups in total. The first-order valence-electron chi connectivity index (χ1n) is 10.3. The highest BCUT2D eigenvalue weighted by Gasteiger charge is 2.32. The lowest BCUT2D eigenvalue weighted by molar-refractivity contribution is -0.131. The molecule has 0 radical (unpaired) electrons. The first-order valence-corrected chi connectivity index (χ1v) is 11.7. The smallest absolute Gasteiger partial charge is 0.325 e. The summed E-state index contributed by atoms with van der Waals surface area (Å²) >= 11 is 7.98. The molecule has 0 spiro atoms. The molecule has 0 aromatic heterocycles. The first kappa shape index (κ1) is 21.1. The molecule has 2 heterocycles. The molecule has 2 fully saturated rings. The summed E-state index contributed by atoms with van der Waals surface area (Å²) in [6, 6.07) is 15.6. The molecule has 0 bridgehead atoms. The Morgan fingerprint density at radius 3 is 2.73 bits per heavy atom. The number of amides is 3. The third kappa shape index (κ3) is 4.60. The molecule has 1 atom stereocenters. The second-order valence-electron chi connectivity index (χ2n) is 7.72. The van der Waals surface area contributed by atoms with Crippen LogP contribution in [0.15, 0.2) is 48.5 Å². The molecule has 0 unspecified atom stereocenters. The Bertz CT molecular complexity index is 938. The topological polar surface area (TPSA) is 43.9 Å². The first-order chi connectivity index (χ1) is 14.5. The molecule has 2 aromatic rings. The molecule has 2 saturated heterocycles. The summed E-state index contributed by atoms with van der Waals surface area (Å²) < 4.78 is 0. The molecule has 30 heavy (non-hydrogen) atoms. The van der Waals surface area contributed by atoms with Gasteiger partial charge in [-0.25, -0.2) is 4.79 Å². The van der Waals surface area contributed by atoms with Gasteiger partial charge in [-0.2, -0.15) is 11.8 Å². The number of thioether (sulfide) groups is 1. The Kier molecular flexibility index (Phi) is 6.54. The van der Waals surface area contributed by atoms with Crippen molar-refractivity contribution in [3.05, 3.63) is 64.7 Å². The average molecular weight is 444 g/mol. The highest BCUT2D eigenvalue weighted by atomic mass is 35.5. The summed E-state index contributed by atoms with van der Waals surface area (Å²) in [5.74, 6) is 0.940. The molecule has 3 amide bonds. The molecule has 5 nitrogen and oxygen atoms in total. The van der Waals surface area contributed by atoms with Crippen molar-refractivity contribution >= 4 is 41.0 Å². The Morgan fingerprint density at radius 1 is 1.10 bits per heavy atom. The van der Waals surface area contributed by atoms with Crippen LogP contribution in [0.2, 0.25) is 5.02 Å². The van der Waals surface area contributed by atoms with Crippen molar-refractivity contribution in [2.24, 2.45) is 0 Å². The number of nitrogens with zero attached hydrogens (tertiary/aromatic N) is 3. The maximum Gasteiger partial charge on any atom is 0.325 e. The summed E-state index contributed by atoms with van der Waals surface area (Å²) in [5, 5.41) is 1.01. The molecule has 2 aliphatic heterocycles. The van der Waals surface area contributed by atoms with Crippen LogP contribution in [-0.2, 0) is 4.79 Å². The van der Waals surface area contributed by atoms with Crippen molar-refractivity contribution in [3.8, 4) is 0 Å². The fourth-order valence-corrected chi connectivity index (χ4v) is 5.60. The molecule has 158 valence electrons. The van der Waals surface area contributed by atoms with Crippen molar-refractivity contribution in [1.29, 1.82) is 0 Å². The number of benzene rings is 2. The van der Waals surface area contributed by atoms with Crippen molar-refractivity contribution in [3.63, 3.8) is 0 Å². The van der Waals surface area contributed by atoms with E-state index >= 15 is 0 Å². The number of hydrogen-bond acceptors (Lipinski definition) is 3. The van der Waals surface area contributed by atoms with Crippen LogP contribution in [-0.4, -0.2) is 60.2 Å². The van der Waals surface area contributed by atoms with Gasteiger partial charge in [-0.1, -0.05) is 41.9 Å². The highest BCUT2D eigenvalue weighted by molar-refractivity contribution is 7.99. The van der Waals surface area contributed by atoms with Gasteiger partial charge in [0.05, 0.1) is 0 Å². The van der Waals surface area contributed by atoms with Gasteiger partial charge >= 0.3 is 6.03 Å². The van der Waals surface area contributed by atoms with E-state index in [1.54, 1.807) is 21.9 Å². The van der Waals surface area contributed by atoms with Crippen LogP contribution in [0.25, 0.3) is 0 Å².